The second-order valence-electron chi connectivity index (χ2n) is 9.70. The van der Waals surface area contributed by atoms with E-state index in [1.807, 2.05) is 6.07 Å². The normalized spacial score (nSPS) is 29.1. The van der Waals surface area contributed by atoms with Gasteiger partial charge < -0.3 is 4.90 Å². The third-order valence-corrected chi connectivity index (χ3v) is 6.76. The maximum absolute atomic E-state index is 13.0. The smallest absolute Gasteiger partial charge is 0.262 e. The Labute approximate surface area is 175 Å². The van der Waals surface area contributed by atoms with Crippen molar-refractivity contribution in [3.63, 3.8) is 0 Å². The van der Waals surface area contributed by atoms with Gasteiger partial charge >= 0.3 is 0 Å². The van der Waals surface area contributed by atoms with Gasteiger partial charge in [0.25, 0.3) is 11.8 Å². The summed E-state index contributed by atoms with van der Waals surface area (Å²) in [4.78, 5) is 55.4. The zero-order chi connectivity index (χ0) is 21.4. The van der Waals surface area contributed by atoms with Crippen molar-refractivity contribution >= 4 is 29.3 Å². The van der Waals surface area contributed by atoms with Crippen LogP contribution in [-0.4, -0.2) is 70.2 Å². The van der Waals surface area contributed by atoms with Crippen LogP contribution in [0.25, 0.3) is 0 Å². The summed E-state index contributed by atoms with van der Waals surface area (Å²) in [7, 11) is 0. The monoisotopic (exact) mass is 410 g/mol. The number of fused-ring (bicyclic) bond motifs is 3. The lowest BCUT2D eigenvalue weighted by atomic mass is 9.82. The SMILES string of the molecule is CC(C)(C)N1C2CC1CN(c1ccc3c(c1)C(=O)N([C@H]1CCC(=O)NC1=O)C3=O)C2. The van der Waals surface area contributed by atoms with Gasteiger partial charge in [0.1, 0.15) is 6.04 Å². The molecule has 8 nitrogen and oxygen atoms in total. The number of benzene rings is 1. The molecule has 0 aliphatic carbocycles. The molecule has 1 aromatic rings. The number of carbonyl (C=O) groups is 4. The largest absolute Gasteiger partial charge is 0.368 e. The highest BCUT2D eigenvalue weighted by Crippen LogP contribution is 2.40. The topological polar surface area (TPSA) is 90.0 Å². The Balaban J connectivity index is 1.37. The molecule has 5 aliphatic rings. The van der Waals surface area contributed by atoms with Crippen LogP contribution in [0.5, 0.6) is 0 Å². The van der Waals surface area contributed by atoms with E-state index < -0.39 is 23.8 Å². The van der Waals surface area contributed by atoms with Crippen molar-refractivity contribution in [2.24, 2.45) is 0 Å². The number of nitrogens with one attached hydrogen (secondary N) is 1. The molecule has 0 spiro atoms. The lowest BCUT2D eigenvalue weighted by Gasteiger charge is -2.62. The van der Waals surface area contributed by atoms with E-state index in [4.69, 9.17) is 0 Å². The number of hydrogen-bond acceptors (Lipinski definition) is 6. The number of piperazine rings is 1. The van der Waals surface area contributed by atoms with Crippen LogP contribution in [0, 0.1) is 0 Å². The molecule has 0 aromatic heterocycles. The van der Waals surface area contributed by atoms with Crippen LogP contribution in [0.15, 0.2) is 18.2 Å². The van der Waals surface area contributed by atoms with Gasteiger partial charge in [-0.1, -0.05) is 0 Å². The van der Waals surface area contributed by atoms with Crippen molar-refractivity contribution < 1.29 is 19.2 Å². The Morgan fingerprint density at radius 1 is 0.967 bits per heavy atom. The Morgan fingerprint density at radius 2 is 1.63 bits per heavy atom. The van der Waals surface area contributed by atoms with Crippen molar-refractivity contribution in [3.8, 4) is 0 Å². The van der Waals surface area contributed by atoms with E-state index in [1.54, 1.807) is 12.1 Å². The molecule has 5 heterocycles. The molecule has 2 unspecified atom stereocenters. The summed E-state index contributed by atoms with van der Waals surface area (Å²) in [5.41, 5.74) is 1.74. The fourth-order valence-corrected chi connectivity index (χ4v) is 5.57. The maximum Gasteiger partial charge on any atom is 0.262 e. The van der Waals surface area contributed by atoms with Gasteiger partial charge in [-0.15, -0.1) is 0 Å². The molecule has 2 bridgehead atoms. The Morgan fingerprint density at radius 3 is 2.27 bits per heavy atom. The summed E-state index contributed by atoms with van der Waals surface area (Å²) in [5, 5.41) is 2.23. The molecule has 30 heavy (non-hydrogen) atoms. The van der Waals surface area contributed by atoms with E-state index in [0.29, 0.717) is 23.2 Å². The first-order valence-electron chi connectivity index (χ1n) is 10.5. The zero-order valence-corrected chi connectivity index (χ0v) is 17.5. The van der Waals surface area contributed by atoms with Crippen LogP contribution >= 0.6 is 0 Å². The van der Waals surface area contributed by atoms with Crippen LogP contribution in [-0.2, 0) is 9.59 Å². The molecule has 5 aliphatic heterocycles. The number of hydrogen-bond donors (Lipinski definition) is 1. The summed E-state index contributed by atoms with van der Waals surface area (Å²) in [6, 6.07) is 5.43. The molecule has 1 N–H and O–H groups in total. The van der Waals surface area contributed by atoms with Crippen molar-refractivity contribution in [2.45, 2.75) is 63.7 Å². The molecule has 4 fully saturated rings. The highest BCUT2D eigenvalue weighted by atomic mass is 16.2. The number of carbonyl (C=O) groups excluding carboxylic acids is 4. The van der Waals surface area contributed by atoms with E-state index >= 15 is 0 Å². The van der Waals surface area contributed by atoms with E-state index in [9.17, 15) is 19.2 Å². The van der Waals surface area contributed by atoms with Crippen LogP contribution in [0.2, 0.25) is 0 Å². The molecule has 3 atom stereocenters. The van der Waals surface area contributed by atoms with Gasteiger partial charge in [-0.3, -0.25) is 34.3 Å². The first kappa shape index (κ1) is 19.2. The summed E-state index contributed by atoms with van der Waals surface area (Å²) < 4.78 is 0. The maximum atomic E-state index is 13.0. The van der Waals surface area contributed by atoms with Gasteiger partial charge in [-0.05, 0) is 51.8 Å². The molecule has 0 saturated carbocycles. The van der Waals surface area contributed by atoms with E-state index in [2.05, 4.69) is 35.9 Å². The number of amides is 4. The molecule has 8 heteroatoms. The average Bonchev–Trinajstić information content (AvgIpc) is 2.91. The lowest BCUT2D eigenvalue weighted by molar-refractivity contribution is -0.136. The molecular weight excluding hydrogens is 384 g/mol. The third kappa shape index (κ3) is 2.77. The first-order valence-corrected chi connectivity index (χ1v) is 10.5. The summed E-state index contributed by atoms with van der Waals surface area (Å²) in [6.45, 7) is 8.51. The highest BCUT2D eigenvalue weighted by Gasteiger charge is 2.49. The lowest BCUT2D eigenvalue weighted by Crippen LogP contribution is -2.73. The van der Waals surface area contributed by atoms with Gasteiger partial charge in [-0.25, -0.2) is 0 Å². The Kier molecular flexibility index (Phi) is 4.09. The molecule has 0 radical (unpaired) electrons. The van der Waals surface area contributed by atoms with Crippen LogP contribution in [0.1, 0.15) is 60.7 Å². The Hall–Kier alpha value is -2.74. The second-order valence-corrected chi connectivity index (χ2v) is 9.70. The fraction of sp³-hybridized carbons (Fsp3) is 0.545. The predicted octanol–water partition coefficient (Wildman–Crippen LogP) is 1.15. The number of piperidine rings is 2. The van der Waals surface area contributed by atoms with E-state index in [-0.39, 0.29) is 24.3 Å². The van der Waals surface area contributed by atoms with Crippen molar-refractivity contribution in [1.82, 2.24) is 15.1 Å². The van der Waals surface area contributed by atoms with Gasteiger partial charge in [0.15, 0.2) is 0 Å². The fourth-order valence-electron chi connectivity index (χ4n) is 5.57. The van der Waals surface area contributed by atoms with Gasteiger partial charge in [0.05, 0.1) is 11.1 Å². The third-order valence-electron chi connectivity index (χ3n) is 6.76. The van der Waals surface area contributed by atoms with Crippen LogP contribution in [0.4, 0.5) is 5.69 Å². The minimum atomic E-state index is -0.929. The number of anilines is 1. The summed E-state index contributed by atoms with van der Waals surface area (Å²) in [5.74, 6) is -1.87. The quantitative estimate of drug-likeness (QED) is 0.736. The molecule has 4 amide bonds. The second kappa shape index (κ2) is 6.38. The number of imide groups is 2. The minimum Gasteiger partial charge on any atom is -0.368 e. The van der Waals surface area contributed by atoms with Gasteiger partial charge in [0, 0.05) is 42.8 Å². The molecule has 1 aromatic carbocycles. The van der Waals surface area contributed by atoms with Crippen molar-refractivity contribution in [1.29, 1.82) is 0 Å². The summed E-state index contributed by atoms with van der Waals surface area (Å²) >= 11 is 0. The van der Waals surface area contributed by atoms with E-state index in [0.717, 1.165) is 23.7 Å². The predicted molar refractivity (Wildman–Crippen MR) is 109 cm³/mol. The number of nitrogens with zero attached hydrogens (tertiary/aromatic N) is 3. The van der Waals surface area contributed by atoms with E-state index in [1.165, 1.54) is 6.42 Å². The first-order chi connectivity index (χ1) is 14.1. The van der Waals surface area contributed by atoms with Crippen LogP contribution in [0.3, 0.4) is 0 Å². The number of rotatable bonds is 2. The average molecular weight is 410 g/mol. The Bertz CT molecular complexity index is 970. The zero-order valence-electron chi connectivity index (χ0n) is 17.5. The van der Waals surface area contributed by atoms with Gasteiger partial charge in [0.2, 0.25) is 11.8 Å². The molecule has 158 valence electrons. The molecule has 4 saturated heterocycles. The molecule has 6 rings (SSSR count). The highest BCUT2D eigenvalue weighted by molar-refractivity contribution is 6.23. The standard InChI is InChI=1S/C22H26N4O4/c1-22(2,3)26-13-8-14(26)11-24(10-13)12-4-5-15-16(9-12)21(30)25(20(15)29)17-6-7-18(27)23-19(17)28/h4-5,9,13-14,17H,6-8,10-11H2,1-3H3,(H,23,27,28)/t13?,14?,17-/m0/s1. The van der Waals surface area contributed by atoms with Gasteiger partial charge in [-0.2, -0.15) is 0 Å². The molecular formula is C22H26N4O4. The van der Waals surface area contributed by atoms with Crippen molar-refractivity contribution in [2.75, 3.05) is 18.0 Å². The van der Waals surface area contributed by atoms with Crippen molar-refractivity contribution in [3.05, 3.63) is 29.3 Å². The van der Waals surface area contributed by atoms with Crippen LogP contribution < -0.4 is 10.2 Å². The minimum absolute atomic E-state index is 0.121. The summed E-state index contributed by atoms with van der Waals surface area (Å²) in [6.07, 6.45) is 1.48.